The number of aryl methyl sites for hydroxylation is 1. The maximum absolute atomic E-state index is 11.6. The second kappa shape index (κ2) is 14.3. The average molecular weight is 494 g/mol. The minimum absolute atomic E-state index is 0.103. The number of ether oxygens (including phenoxy) is 4. The van der Waals surface area contributed by atoms with Gasteiger partial charge in [0.05, 0.1) is 26.4 Å². The van der Waals surface area contributed by atoms with Crippen molar-refractivity contribution in [1.29, 1.82) is 0 Å². The molecule has 0 aliphatic carbocycles. The van der Waals surface area contributed by atoms with Gasteiger partial charge in [-0.15, -0.1) is 5.92 Å². The highest BCUT2D eigenvalue weighted by Gasteiger charge is 2.10. The lowest BCUT2D eigenvalue weighted by Gasteiger charge is -2.24. The van der Waals surface area contributed by atoms with E-state index < -0.39 is 0 Å². The number of hydrogen-bond donors (Lipinski definition) is 0. The third-order valence-corrected chi connectivity index (χ3v) is 6.00. The van der Waals surface area contributed by atoms with Crippen LogP contribution in [-0.2, 0) is 14.3 Å². The summed E-state index contributed by atoms with van der Waals surface area (Å²) in [7, 11) is 0. The number of carbonyl (C=O) groups is 1. The van der Waals surface area contributed by atoms with E-state index in [1.807, 2.05) is 37.3 Å². The average Bonchev–Trinajstić information content (AvgIpc) is 2.84. The van der Waals surface area contributed by atoms with Gasteiger partial charge in [0.25, 0.3) is 0 Å². The molecule has 1 aliphatic heterocycles. The first-order valence-corrected chi connectivity index (χ1v) is 12.4. The summed E-state index contributed by atoms with van der Waals surface area (Å²) in [6.45, 7) is 10.1. The van der Waals surface area contributed by atoms with Crippen molar-refractivity contribution < 1.29 is 23.7 Å². The molecular weight excluding hydrogens is 462 g/mol. The number of morpholine rings is 1. The Morgan fingerprint density at radius 3 is 2.66 bits per heavy atom. The number of nitrogens with zero attached hydrogens (tertiary/aromatic N) is 1. The molecule has 0 atom stereocenters. The zero-order chi connectivity index (χ0) is 24.9. The molecule has 0 unspecified atom stereocenters. The molecule has 3 rings (SSSR count). The van der Waals surface area contributed by atoms with Crippen LogP contribution in [0.5, 0.6) is 11.5 Å². The van der Waals surface area contributed by atoms with E-state index in [2.05, 4.69) is 34.6 Å². The number of benzene rings is 2. The Labute approximate surface area is 212 Å². The molecule has 0 amide bonds. The van der Waals surface area contributed by atoms with Gasteiger partial charge in [0.1, 0.15) is 18.1 Å². The van der Waals surface area contributed by atoms with Gasteiger partial charge in [-0.3, -0.25) is 4.90 Å². The van der Waals surface area contributed by atoms with Crippen LogP contribution in [0.15, 0.2) is 46.2 Å². The molecule has 2 aromatic rings. The molecule has 1 fully saturated rings. The van der Waals surface area contributed by atoms with Crippen molar-refractivity contribution in [3.8, 4) is 35.2 Å². The van der Waals surface area contributed by atoms with Gasteiger partial charge in [0, 0.05) is 28.4 Å². The van der Waals surface area contributed by atoms with Gasteiger partial charge >= 0.3 is 5.97 Å². The molecule has 1 saturated heterocycles. The lowest BCUT2D eigenvalue weighted by atomic mass is 10.2. The van der Waals surface area contributed by atoms with E-state index in [9.17, 15) is 4.79 Å². The summed E-state index contributed by atoms with van der Waals surface area (Å²) in [6, 6.07) is 11.9. The molecule has 0 aromatic heterocycles. The minimum atomic E-state index is -0.378. The van der Waals surface area contributed by atoms with Crippen LogP contribution in [0, 0.1) is 30.6 Å². The summed E-state index contributed by atoms with van der Waals surface area (Å²) >= 11 is 1.61. The summed E-state index contributed by atoms with van der Waals surface area (Å²) in [6.07, 6.45) is 0. The van der Waals surface area contributed by atoms with Crippen LogP contribution in [0.4, 0.5) is 0 Å². The maximum Gasteiger partial charge on any atom is 0.344 e. The first-order chi connectivity index (χ1) is 17.1. The molecule has 2 aromatic carbocycles. The second-order valence-corrected chi connectivity index (χ2v) is 8.87. The molecule has 6 nitrogen and oxygen atoms in total. The Hall–Kier alpha value is -3.10. The quantitative estimate of drug-likeness (QED) is 0.384. The third kappa shape index (κ3) is 9.22. The fraction of sp³-hybridized carbons (Fsp3) is 0.393. The van der Waals surface area contributed by atoms with Gasteiger partial charge in [-0.1, -0.05) is 29.5 Å². The molecule has 35 heavy (non-hydrogen) atoms. The predicted molar refractivity (Wildman–Crippen MR) is 137 cm³/mol. The summed E-state index contributed by atoms with van der Waals surface area (Å²) in [5.41, 5.74) is 1.84. The van der Waals surface area contributed by atoms with E-state index in [1.165, 1.54) is 0 Å². The number of rotatable bonds is 9. The summed E-state index contributed by atoms with van der Waals surface area (Å²) in [4.78, 5) is 15.9. The van der Waals surface area contributed by atoms with Crippen molar-refractivity contribution in [1.82, 2.24) is 4.90 Å². The Balaban J connectivity index is 1.72. The van der Waals surface area contributed by atoms with E-state index in [1.54, 1.807) is 25.6 Å². The van der Waals surface area contributed by atoms with Gasteiger partial charge in [-0.25, -0.2) is 4.79 Å². The molecule has 0 radical (unpaired) electrons. The van der Waals surface area contributed by atoms with Gasteiger partial charge in [-0.2, -0.15) is 0 Å². The first kappa shape index (κ1) is 26.5. The van der Waals surface area contributed by atoms with Crippen molar-refractivity contribution >= 4 is 17.7 Å². The molecule has 1 heterocycles. The van der Waals surface area contributed by atoms with Crippen molar-refractivity contribution in [3.05, 3.63) is 47.5 Å². The highest BCUT2D eigenvalue weighted by Crippen LogP contribution is 2.33. The smallest absolute Gasteiger partial charge is 0.344 e. The first-order valence-electron chi connectivity index (χ1n) is 11.6. The number of hydrogen-bond acceptors (Lipinski definition) is 7. The molecule has 0 bridgehead atoms. The van der Waals surface area contributed by atoms with Crippen LogP contribution in [0.3, 0.4) is 0 Å². The largest absolute Gasteiger partial charge is 0.482 e. The van der Waals surface area contributed by atoms with Crippen LogP contribution in [0.2, 0.25) is 0 Å². The Morgan fingerprint density at radius 1 is 1.09 bits per heavy atom. The van der Waals surface area contributed by atoms with E-state index >= 15 is 0 Å². The monoisotopic (exact) mass is 493 g/mol. The predicted octanol–water partition coefficient (Wildman–Crippen LogP) is 4.17. The van der Waals surface area contributed by atoms with Crippen molar-refractivity contribution in [2.75, 3.05) is 52.7 Å². The van der Waals surface area contributed by atoms with Gasteiger partial charge in [0.15, 0.2) is 6.61 Å². The van der Waals surface area contributed by atoms with Crippen molar-refractivity contribution in [2.24, 2.45) is 0 Å². The van der Waals surface area contributed by atoms with Crippen molar-refractivity contribution in [2.45, 2.75) is 30.6 Å². The van der Waals surface area contributed by atoms with Gasteiger partial charge in [0.2, 0.25) is 0 Å². The Bertz CT molecular complexity index is 1120. The fourth-order valence-electron chi connectivity index (χ4n) is 3.31. The molecule has 0 N–H and O–H groups in total. The molecule has 184 valence electrons. The highest BCUT2D eigenvalue weighted by atomic mass is 32.2. The van der Waals surface area contributed by atoms with E-state index in [4.69, 9.17) is 18.9 Å². The van der Waals surface area contributed by atoms with E-state index in [0.717, 1.165) is 53.0 Å². The minimum Gasteiger partial charge on any atom is -0.482 e. The zero-order valence-electron chi connectivity index (χ0n) is 20.5. The SMILES string of the molecule is CC#CCOc1cc(C#CCN2CCOCC2)cc(Sc2ccc(OCC(=O)OCC)c(C)c2)c1. The van der Waals surface area contributed by atoms with Crippen LogP contribution >= 0.6 is 11.8 Å². The number of carbonyl (C=O) groups excluding carboxylic acids is 1. The van der Waals surface area contributed by atoms with Crippen LogP contribution in [-0.4, -0.2) is 63.5 Å². The number of esters is 1. The summed E-state index contributed by atoms with van der Waals surface area (Å²) in [5, 5.41) is 0. The van der Waals surface area contributed by atoms with Crippen LogP contribution in [0.25, 0.3) is 0 Å². The van der Waals surface area contributed by atoms with Crippen LogP contribution < -0.4 is 9.47 Å². The topological polar surface area (TPSA) is 57.2 Å². The molecule has 1 aliphatic rings. The van der Waals surface area contributed by atoms with E-state index in [-0.39, 0.29) is 12.6 Å². The third-order valence-electron chi connectivity index (χ3n) is 5.04. The Kier molecular flexibility index (Phi) is 10.9. The molecule has 7 heteroatoms. The lowest BCUT2D eigenvalue weighted by molar-refractivity contribution is -0.145. The van der Waals surface area contributed by atoms with E-state index in [0.29, 0.717) is 25.5 Å². The van der Waals surface area contributed by atoms with Crippen LogP contribution in [0.1, 0.15) is 25.0 Å². The summed E-state index contributed by atoms with van der Waals surface area (Å²) < 4.78 is 21.7. The summed E-state index contributed by atoms with van der Waals surface area (Å²) in [5.74, 6) is 13.4. The normalized spacial score (nSPS) is 13.1. The highest BCUT2D eigenvalue weighted by molar-refractivity contribution is 7.99. The fourth-order valence-corrected chi connectivity index (χ4v) is 4.32. The van der Waals surface area contributed by atoms with Crippen molar-refractivity contribution in [3.63, 3.8) is 0 Å². The van der Waals surface area contributed by atoms with Gasteiger partial charge < -0.3 is 18.9 Å². The maximum atomic E-state index is 11.6. The zero-order valence-corrected chi connectivity index (χ0v) is 21.3. The Morgan fingerprint density at radius 2 is 1.91 bits per heavy atom. The second-order valence-electron chi connectivity index (χ2n) is 7.72. The lowest BCUT2D eigenvalue weighted by Crippen LogP contribution is -2.36. The molecule has 0 saturated carbocycles. The molecule has 0 spiro atoms. The van der Waals surface area contributed by atoms with Gasteiger partial charge in [-0.05, 0) is 62.7 Å². The molecular formula is C28H31NO5S. The standard InChI is InChI=1S/C28H31NO5S/c1-4-6-14-33-24-18-23(8-7-11-29-12-15-31-16-13-29)19-26(20-24)35-25-9-10-27(22(3)17-25)34-21-28(30)32-5-2/h9-10,17-20H,5,11-16,21H2,1-3H3.